The van der Waals surface area contributed by atoms with Gasteiger partial charge in [0, 0.05) is 0 Å². The van der Waals surface area contributed by atoms with Crippen LogP contribution in [0.2, 0.25) is 0 Å². The number of rotatable bonds is 7. The van der Waals surface area contributed by atoms with Gasteiger partial charge in [0.1, 0.15) is 12.3 Å². The molecule has 1 aromatic heterocycles. The lowest BCUT2D eigenvalue weighted by Crippen LogP contribution is -2.28. The maximum absolute atomic E-state index is 11.5. The first kappa shape index (κ1) is 14.2. The van der Waals surface area contributed by atoms with Crippen molar-refractivity contribution in [2.45, 2.75) is 20.4 Å². The largest absolute Gasteiger partial charge is 0.480 e. The van der Waals surface area contributed by atoms with Gasteiger partial charge in [0.05, 0.1) is 6.54 Å². The molecule has 18 heavy (non-hydrogen) atoms. The van der Waals surface area contributed by atoms with Crippen molar-refractivity contribution in [3.8, 4) is 0 Å². The van der Waals surface area contributed by atoms with Crippen LogP contribution in [0.4, 0.5) is 0 Å². The number of hydrogen-bond acceptors (Lipinski definition) is 4. The number of hydrogen-bond donors (Lipinski definition) is 2. The van der Waals surface area contributed by atoms with E-state index in [4.69, 9.17) is 9.52 Å². The summed E-state index contributed by atoms with van der Waals surface area (Å²) in [5, 5.41) is 10.7. The molecule has 0 bridgehead atoms. The molecule has 0 aliphatic heterocycles. The smallest absolute Gasteiger partial charge is 0.322 e. The SMILES string of the molecule is CCN(CC)Cc1ccc(C(=O)NCC(=O)O)o1. The zero-order chi connectivity index (χ0) is 13.5. The van der Waals surface area contributed by atoms with E-state index >= 15 is 0 Å². The molecule has 6 heteroatoms. The Labute approximate surface area is 106 Å². The number of nitrogens with zero attached hydrogens (tertiary/aromatic N) is 1. The van der Waals surface area contributed by atoms with Crippen molar-refractivity contribution in [1.82, 2.24) is 10.2 Å². The van der Waals surface area contributed by atoms with Gasteiger partial charge in [0.15, 0.2) is 5.76 Å². The number of aliphatic carboxylic acids is 1. The summed E-state index contributed by atoms with van der Waals surface area (Å²) in [6.45, 7) is 6.12. The van der Waals surface area contributed by atoms with Crippen molar-refractivity contribution in [2.75, 3.05) is 19.6 Å². The summed E-state index contributed by atoms with van der Waals surface area (Å²) < 4.78 is 5.37. The molecule has 0 unspecified atom stereocenters. The maximum Gasteiger partial charge on any atom is 0.322 e. The average Bonchev–Trinajstić information content (AvgIpc) is 2.81. The van der Waals surface area contributed by atoms with Crippen molar-refractivity contribution in [3.05, 3.63) is 23.7 Å². The monoisotopic (exact) mass is 254 g/mol. The van der Waals surface area contributed by atoms with Crippen LogP contribution in [0, 0.1) is 0 Å². The summed E-state index contributed by atoms with van der Waals surface area (Å²) in [5.74, 6) is -0.765. The van der Waals surface area contributed by atoms with E-state index in [0.717, 1.165) is 13.1 Å². The van der Waals surface area contributed by atoms with E-state index in [1.54, 1.807) is 12.1 Å². The van der Waals surface area contributed by atoms with Crippen LogP contribution >= 0.6 is 0 Å². The summed E-state index contributed by atoms with van der Waals surface area (Å²) in [6.07, 6.45) is 0. The van der Waals surface area contributed by atoms with E-state index in [2.05, 4.69) is 10.2 Å². The summed E-state index contributed by atoms with van der Waals surface area (Å²) >= 11 is 0. The van der Waals surface area contributed by atoms with Crippen LogP contribution in [0.1, 0.15) is 30.2 Å². The second kappa shape index (κ2) is 6.80. The highest BCUT2D eigenvalue weighted by atomic mass is 16.4. The first-order valence-electron chi connectivity index (χ1n) is 5.87. The minimum atomic E-state index is -1.08. The minimum absolute atomic E-state index is 0.137. The zero-order valence-corrected chi connectivity index (χ0v) is 10.6. The van der Waals surface area contributed by atoms with Crippen LogP contribution < -0.4 is 5.32 Å². The van der Waals surface area contributed by atoms with Crippen LogP contribution in [-0.4, -0.2) is 41.5 Å². The Bertz CT molecular complexity index is 410. The highest BCUT2D eigenvalue weighted by molar-refractivity contribution is 5.93. The predicted molar refractivity (Wildman–Crippen MR) is 65.3 cm³/mol. The number of amides is 1. The second-order valence-corrected chi connectivity index (χ2v) is 3.80. The van der Waals surface area contributed by atoms with Gasteiger partial charge in [-0.2, -0.15) is 0 Å². The fraction of sp³-hybridized carbons (Fsp3) is 0.500. The molecular formula is C12H18N2O4. The molecule has 1 amide bonds. The first-order chi connectivity index (χ1) is 8.56. The summed E-state index contributed by atoms with van der Waals surface area (Å²) in [7, 11) is 0. The summed E-state index contributed by atoms with van der Waals surface area (Å²) in [5.41, 5.74) is 0. The number of carboxylic acid groups (broad SMARTS) is 1. The lowest BCUT2D eigenvalue weighted by Gasteiger charge is -2.15. The molecule has 0 fully saturated rings. The Morgan fingerprint density at radius 1 is 1.33 bits per heavy atom. The standard InChI is InChI=1S/C12H18N2O4/c1-3-14(4-2)8-9-5-6-10(18-9)12(17)13-7-11(15)16/h5-6H,3-4,7-8H2,1-2H3,(H,13,17)(H,15,16). The number of furan rings is 1. The summed E-state index contributed by atoms with van der Waals surface area (Å²) in [4.78, 5) is 24.0. The Balaban J connectivity index is 2.57. The van der Waals surface area contributed by atoms with Crippen LogP contribution in [0.15, 0.2) is 16.5 Å². The first-order valence-corrected chi connectivity index (χ1v) is 5.87. The van der Waals surface area contributed by atoms with Crippen molar-refractivity contribution in [2.24, 2.45) is 0 Å². The predicted octanol–water partition coefficient (Wildman–Crippen LogP) is 0.936. The molecular weight excluding hydrogens is 236 g/mol. The van der Waals surface area contributed by atoms with E-state index in [0.29, 0.717) is 12.3 Å². The number of nitrogens with one attached hydrogen (secondary N) is 1. The van der Waals surface area contributed by atoms with Crippen LogP contribution in [0.3, 0.4) is 0 Å². The van der Waals surface area contributed by atoms with Gasteiger partial charge in [-0.05, 0) is 25.2 Å². The Kier molecular flexibility index (Phi) is 5.38. The average molecular weight is 254 g/mol. The molecule has 1 aromatic rings. The number of carboxylic acids is 1. The van der Waals surface area contributed by atoms with Gasteiger partial charge in [-0.1, -0.05) is 13.8 Å². The van der Waals surface area contributed by atoms with Crippen LogP contribution in [-0.2, 0) is 11.3 Å². The molecule has 6 nitrogen and oxygen atoms in total. The van der Waals surface area contributed by atoms with E-state index in [1.807, 2.05) is 13.8 Å². The highest BCUT2D eigenvalue weighted by Gasteiger charge is 2.13. The molecule has 2 N–H and O–H groups in total. The topological polar surface area (TPSA) is 82.8 Å². The lowest BCUT2D eigenvalue weighted by molar-refractivity contribution is -0.135. The molecule has 0 radical (unpaired) electrons. The van der Waals surface area contributed by atoms with E-state index in [1.165, 1.54) is 0 Å². The minimum Gasteiger partial charge on any atom is -0.480 e. The Morgan fingerprint density at radius 2 is 2.00 bits per heavy atom. The quantitative estimate of drug-likeness (QED) is 0.756. The van der Waals surface area contributed by atoms with Crippen molar-refractivity contribution in [1.29, 1.82) is 0 Å². The van der Waals surface area contributed by atoms with Gasteiger partial charge >= 0.3 is 5.97 Å². The van der Waals surface area contributed by atoms with Crippen molar-refractivity contribution in [3.63, 3.8) is 0 Å². The zero-order valence-electron chi connectivity index (χ0n) is 10.6. The molecule has 1 rings (SSSR count). The second-order valence-electron chi connectivity index (χ2n) is 3.80. The van der Waals surface area contributed by atoms with Gasteiger partial charge < -0.3 is 14.8 Å². The van der Waals surface area contributed by atoms with Gasteiger partial charge in [0.25, 0.3) is 5.91 Å². The fourth-order valence-electron chi connectivity index (χ4n) is 1.50. The Hall–Kier alpha value is -1.82. The van der Waals surface area contributed by atoms with Crippen molar-refractivity contribution < 1.29 is 19.1 Å². The molecule has 0 saturated carbocycles. The third kappa shape index (κ3) is 4.21. The maximum atomic E-state index is 11.5. The normalized spacial score (nSPS) is 10.6. The number of carbonyl (C=O) groups is 2. The van der Waals surface area contributed by atoms with Crippen molar-refractivity contribution >= 4 is 11.9 Å². The van der Waals surface area contributed by atoms with Gasteiger partial charge in [0.2, 0.25) is 0 Å². The van der Waals surface area contributed by atoms with E-state index < -0.39 is 18.4 Å². The molecule has 0 aliphatic rings. The fourth-order valence-corrected chi connectivity index (χ4v) is 1.50. The summed E-state index contributed by atoms with van der Waals surface area (Å²) in [6, 6.07) is 3.28. The molecule has 0 aromatic carbocycles. The van der Waals surface area contributed by atoms with Gasteiger partial charge in [-0.3, -0.25) is 14.5 Å². The Morgan fingerprint density at radius 3 is 2.56 bits per heavy atom. The lowest BCUT2D eigenvalue weighted by atomic mass is 10.3. The highest BCUT2D eigenvalue weighted by Crippen LogP contribution is 2.10. The van der Waals surface area contributed by atoms with Crippen LogP contribution in [0.5, 0.6) is 0 Å². The third-order valence-corrected chi connectivity index (χ3v) is 2.56. The molecule has 0 spiro atoms. The molecule has 1 heterocycles. The molecule has 0 saturated heterocycles. The van der Waals surface area contributed by atoms with Crippen LogP contribution in [0.25, 0.3) is 0 Å². The molecule has 100 valence electrons. The third-order valence-electron chi connectivity index (χ3n) is 2.56. The number of carbonyl (C=O) groups excluding carboxylic acids is 1. The molecule has 0 atom stereocenters. The van der Waals surface area contributed by atoms with E-state index in [9.17, 15) is 9.59 Å². The van der Waals surface area contributed by atoms with Gasteiger partial charge in [-0.15, -0.1) is 0 Å². The molecule has 0 aliphatic carbocycles. The van der Waals surface area contributed by atoms with E-state index in [-0.39, 0.29) is 5.76 Å². The van der Waals surface area contributed by atoms with Gasteiger partial charge in [-0.25, -0.2) is 0 Å².